The van der Waals surface area contributed by atoms with Crippen molar-refractivity contribution in [1.29, 1.82) is 0 Å². The van der Waals surface area contributed by atoms with E-state index in [9.17, 15) is 9.50 Å². The second kappa shape index (κ2) is 5.83. The third kappa shape index (κ3) is 2.86. The summed E-state index contributed by atoms with van der Waals surface area (Å²) in [5.41, 5.74) is 0.894. The highest BCUT2D eigenvalue weighted by molar-refractivity contribution is 9.10. The van der Waals surface area contributed by atoms with Crippen LogP contribution in [0.2, 0.25) is 5.02 Å². The Morgan fingerprint density at radius 2 is 2.14 bits per heavy atom. The third-order valence-electron chi connectivity index (χ3n) is 3.29. The van der Waals surface area contributed by atoms with Crippen molar-refractivity contribution < 1.29 is 19.0 Å². The van der Waals surface area contributed by atoms with Crippen molar-refractivity contribution in [3.05, 3.63) is 56.8 Å². The van der Waals surface area contributed by atoms with Gasteiger partial charge in [-0.15, -0.1) is 0 Å². The van der Waals surface area contributed by atoms with Crippen LogP contribution in [0.3, 0.4) is 0 Å². The number of ether oxygens (including phenoxy) is 2. The Hall–Kier alpha value is -1.30. The van der Waals surface area contributed by atoms with Crippen LogP contribution in [0.4, 0.5) is 4.39 Å². The normalized spacial score (nSPS) is 14.3. The zero-order chi connectivity index (χ0) is 15.0. The van der Waals surface area contributed by atoms with E-state index in [1.165, 1.54) is 12.1 Å². The fourth-order valence-corrected chi connectivity index (χ4v) is 3.03. The summed E-state index contributed by atoms with van der Waals surface area (Å²) in [6, 6.07) is 7.87. The van der Waals surface area contributed by atoms with Gasteiger partial charge in [-0.3, -0.25) is 0 Å². The summed E-state index contributed by atoms with van der Waals surface area (Å²) in [7, 11) is 0. The summed E-state index contributed by atoms with van der Waals surface area (Å²) in [4.78, 5) is 0. The van der Waals surface area contributed by atoms with E-state index in [1.54, 1.807) is 18.2 Å². The largest absolute Gasteiger partial charge is 0.454 e. The van der Waals surface area contributed by atoms with Crippen LogP contribution in [0.25, 0.3) is 0 Å². The molecule has 3 rings (SSSR count). The van der Waals surface area contributed by atoms with Crippen LogP contribution in [0.1, 0.15) is 17.2 Å². The molecule has 0 aromatic heterocycles. The van der Waals surface area contributed by atoms with E-state index in [-0.39, 0.29) is 13.2 Å². The zero-order valence-electron chi connectivity index (χ0n) is 10.8. The molecule has 1 aliphatic heterocycles. The number of hydrogen-bond donors (Lipinski definition) is 1. The monoisotopic (exact) mass is 372 g/mol. The standard InChI is InChI=1S/C15H11BrClFO3/c16-10-4-8(5-14-15(10)21-7-20-14)13(19)6-9-11(17)2-1-3-12(9)18/h1-5,13,19H,6-7H2. The summed E-state index contributed by atoms with van der Waals surface area (Å²) in [6.07, 6.45) is -0.817. The zero-order valence-corrected chi connectivity index (χ0v) is 13.1. The average molecular weight is 374 g/mol. The van der Waals surface area contributed by atoms with E-state index in [1.807, 2.05) is 0 Å². The van der Waals surface area contributed by atoms with Crippen LogP contribution < -0.4 is 9.47 Å². The molecule has 1 unspecified atom stereocenters. The third-order valence-corrected chi connectivity index (χ3v) is 4.24. The van der Waals surface area contributed by atoms with Crippen LogP contribution in [-0.4, -0.2) is 11.9 Å². The molecule has 0 fully saturated rings. The number of aliphatic hydroxyl groups excluding tert-OH is 1. The molecule has 21 heavy (non-hydrogen) atoms. The molecular weight excluding hydrogens is 363 g/mol. The number of halogens is 3. The molecule has 0 radical (unpaired) electrons. The number of hydrogen-bond acceptors (Lipinski definition) is 3. The van der Waals surface area contributed by atoms with Gasteiger partial charge in [-0.2, -0.15) is 0 Å². The fraction of sp³-hybridized carbons (Fsp3) is 0.200. The molecule has 0 amide bonds. The number of benzene rings is 2. The van der Waals surface area contributed by atoms with Crippen molar-refractivity contribution in [2.24, 2.45) is 0 Å². The first-order valence-electron chi connectivity index (χ1n) is 6.26. The van der Waals surface area contributed by atoms with Gasteiger partial charge in [0, 0.05) is 17.0 Å². The van der Waals surface area contributed by atoms with Crippen LogP contribution in [-0.2, 0) is 6.42 Å². The van der Waals surface area contributed by atoms with Gasteiger partial charge in [0.15, 0.2) is 11.5 Å². The predicted molar refractivity (Wildman–Crippen MR) is 80.3 cm³/mol. The Morgan fingerprint density at radius 3 is 2.90 bits per heavy atom. The summed E-state index contributed by atoms with van der Waals surface area (Å²) in [6.45, 7) is 0.145. The minimum atomic E-state index is -0.898. The Morgan fingerprint density at radius 1 is 1.33 bits per heavy atom. The van der Waals surface area contributed by atoms with Crippen LogP contribution in [0.5, 0.6) is 11.5 Å². The van der Waals surface area contributed by atoms with Gasteiger partial charge in [0.25, 0.3) is 0 Å². The van der Waals surface area contributed by atoms with Crippen molar-refractivity contribution in [2.75, 3.05) is 6.79 Å². The Bertz CT molecular complexity index is 673. The first-order valence-corrected chi connectivity index (χ1v) is 7.43. The van der Waals surface area contributed by atoms with E-state index in [4.69, 9.17) is 21.1 Å². The van der Waals surface area contributed by atoms with Gasteiger partial charge in [0.1, 0.15) is 5.82 Å². The quantitative estimate of drug-likeness (QED) is 0.874. The molecule has 1 aliphatic rings. The van der Waals surface area contributed by atoms with E-state index >= 15 is 0 Å². The highest BCUT2D eigenvalue weighted by Gasteiger charge is 2.22. The second-order valence-corrected chi connectivity index (χ2v) is 5.92. The molecule has 2 aromatic rings. The minimum absolute atomic E-state index is 0.0809. The molecular formula is C15H11BrClFO3. The molecule has 0 saturated heterocycles. The lowest BCUT2D eigenvalue weighted by molar-refractivity contribution is 0.171. The Balaban J connectivity index is 1.89. The van der Waals surface area contributed by atoms with E-state index < -0.39 is 11.9 Å². The van der Waals surface area contributed by atoms with Crippen LogP contribution in [0.15, 0.2) is 34.8 Å². The first kappa shape index (κ1) is 14.6. The number of rotatable bonds is 3. The molecule has 0 bridgehead atoms. The maximum atomic E-state index is 13.8. The summed E-state index contributed by atoms with van der Waals surface area (Å²) < 4.78 is 25.1. The van der Waals surface area contributed by atoms with Gasteiger partial charge < -0.3 is 14.6 Å². The molecule has 0 spiro atoms. The van der Waals surface area contributed by atoms with Gasteiger partial charge in [0.05, 0.1) is 10.6 Å². The summed E-state index contributed by atoms with van der Waals surface area (Å²) in [5, 5.41) is 10.6. The lowest BCUT2D eigenvalue weighted by atomic mass is 10.0. The molecule has 1 atom stereocenters. The van der Waals surface area contributed by atoms with E-state index in [0.717, 1.165) is 0 Å². The van der Waals surface area contributed by atoms with Crippen molar-refractivity contribution >= 4 is 27.5 Å². The molecule has 1 N–H and O–H groups in total. The average Bonchev–Trinajstić information content (AvgIpc) is 2.91. The maximum Gasteiger partial charge on any atom is 0.231 e. The molecule has 110 valence electrons. The topological polar surface area (TPSA) is 38.7 Å². The molecule has 2 aromatic carbocycles. The minimum Gasteiger partial charge on any atom is -0.454 e. The highest BCUT2D eigenvalue weighted by Crippen LogP contribution is 2.41. The fourth-order valence-electron chi connectivity index (χ4n) is 2.22. The molecule has 1 heterocycles. The van der Waals surface area contributed by atoms with Crippen molar-refractivity contribution in [2.45, 2.75) is 12.5 Å². The Kier molecular flexibility index (Phi) is 4.06. The van der Waals surface area contributed by atoms with Crippen molar-refractivity contribution in [1.82, 2.24) is 0 Å². The lowest BCUT2D eigenvalue weighted by Crippen LogP contribution is -2.04. The maximum absolute atomic E-state index is 13.8. The van der Waals surface area contributed by atoms with Gasteiger partial charge in [-0.05, 0) is 45.8 Å². The van der Waals surface area contributed by atoms with Gasteiger partial charge in [0.2, 0.25) is 6.79 Å². The smallest absolute Gasteiger partial charge is 0.231 e. The first-order chi connectivity index (χ1) is 10.1. The van der Waals surface area contributed by atoms with Crippen molar-refractivity contribution in [3.8, 4) is 11.5 Å². The molecule has 0 aliphatic carbocycles. The van der Waals surface area contributed by atoms with E-state index in [2.05, 4.69) is 15.9 Å². The highest BCUT2D eigenvalue weighted by atomic mass is 79.9. The SMILES string of the molecule is OC(Cc1c(F)cccc1Cl)c1cc(Br)c2c(c1)OCO2. The van der Waals surface area contributed by atoms with Gasteiger partial charge in [-0.25, -0.2) is 4.39 Å². The predicted octanol–water partition coefficient (Wildman–Crippen LogP) is 4.25. The number of fused-ring (bicyclic) bond motifs is 1. The van der Waals surface area contributed by atoms with Crippen LogP contribution >= 0.6 is 27.5 Å². The number of aliphatic hydroxyl groups is 1. The summed E-state index contributed by atoms with van der Waals surface area (Å²) in [5.74, 6) is 0.731. The lowest BCUT2D eigenvalue weighted by Gasteiger charge is -2.14. The van der Waals surface area contributed by atoms with Gasteiger partial charge >= 0.3 is 0 Å². The second-order valence-electron chi connectivity index (χ2n) is 4.66. The summed E-state index contributed by atoms with van der Waals surface area (Å²) >= 11 is 9.35. The molecule has 3 nitrogen and oxygen atoms in total. The van der Waals surface area contributed by atoms with E-state index in [0.29, 0.717) is 32.1 Å². The Labute approximate surface area is 134 Å². The van der Waals surface area contributed by atoms with Crippen LogP contribution in [0, 0.1) is 5.82 Å². The van der Waals surface area contributed by atoms with Crippen molar-refractivity contribution in [3.63, 3.8) is 0 Å². The molecule has 6 heteroatoms. The van der Waals surface area contributed by atoms with Gasteiger partial charge in [-0.1, -0.05) is 17.7 Å². The molecule has 0 saturated carbocycles.